The molecule has 1 aliphatic heterocycles. The number of halogens is 1. The standard InChI is InChI=1S/C22H23ClN4O2S2/c23-19-7-5-6-17(14-19)15-24-26-22-25-21(16-30-22)18-8-10-20(11-9-18)31(28,29)27-12-3-1-2-4-13-27/h5-11,14-16H,1-4,12-13H2,(H,25,26)/b24-15+. The Hall–Kier alpha value is -2.26. The number of nitrogens with one attached hydrogen (secondary N) is 1. The minimum absolute atomic E-state index is 0.331. The van der Waals surface area contributed by atoms with Gasteiger partial charge in [-0.3, -0.25) is 5.43 Å². The van der Waals surface area contributed by atoms with Crippen LogP contribution in [0.2, 0.25) is 5.02 Å². The van der Waals surface area contributed by atoms with Crippen LogP contribution in [-0.2, 0) is 10.0 Å². The molecule has 0 atom stereocenters. The highest BCUT2D eigenvalue weighted by Gasteiger charge is 2.25. The smallest absolute Gasteiger partial charge is 0.243 e. The van der Waals surface area contributed by atoms with Crippen LogP contribution in [0.25, 0.3) is 11.3 Å². The number of hydrazone groups is 1. The van der Waals surface area contributed by atoms with Gasteiger partial charge in [-0.25, -0.2) is 13.4 Å². The summed E-state index contributed by atoms with van der Waals surface area (Å²) in [5, 5.41) is 7.41. The molecule has 0 aliphatic carbocycles. The first-order valence-corrected chi connectivity index (χ1v) is 12.8. The Morgan fingerprint density at radius 3 is 2.52 bits per heavy atom. The third-order valence-electron chi connectivity index (χ3n) is 5.08. The molecule has 0 amide bonds. The molecule has 2 aromatic carbocycles. The molecule has 0 unspecified atom stereocenters. The average molecular weight is 475 g/mol. The monoisotopic (exact) mass is 474 g/mol. The molecular weight excluding hydrogens is 452 g/mol. The van der Waals surface area contributed by atoms with E-state index in [1.807, 2.05) is 29.6 Å². The van der Waals surface area contributed by atoms with E-state index in [9.17, 15) is 8.42 Å². The number of rotatable bonds is 6. The van der Waals surface area contributed by atoms with Crippen LogP contribution >= 0.6 is 22.9 Å². The van der Waals surface area contributed by atoms with Gasteiger partial charge in [0.1, 0.15) is 0 Å². The minimum Gasteiger partial charge on any atom is -0.253 e. The number of anilines is 1. The second-order valence-corrected chi connectivity index (χ2v) is 10.5. The van der Waals surface area contributed by atoms with Crippen molar-refractivity contribution >= 4 is 44.3 Å². The number of hydrogen-bond donors (Lipinski definition) is 1. The Labute approximate surface area is 191 Å². The third kappa shape index (κ3) is 5.51. The van der Waals surface area contributed by atoms with Crippen LogP contribution in [0.4, 0.5) is 5.13 Å². The highest BCUT2D eigenvalue weighted by molar-refractivity contribution is 7.89. The van der Waals surface area contributed by atoms with Gasteiger partial charge in [-0.05, 0) is 42.7 Å². The summed E-state index contributed by atoms with van der Waals surface area (Å²) in [5.74, 6) is 0. The van der Waals surface area contributed by atoms with Gasteiger partial charge < -0.3 is 0 Å². The predicted octanol–water partition coefficient (Wildman–Crippen LogP) is 5.47. The van der Waals surface area contributed by atoms with Gasteiger partial charge in [-0.1, -0.05) is 48.7 Å². The lowest BCUT2D eigenvalue weighted by Gasteiger charge is -2.19. The second-order valence-electron chi connectivity index (χ2n) is 7.31. The van der Waals surface area contributed by atoms with E-state index in [0.717, 1.165) is 42.5 Å². The first-order valence-electron chi connectivity index (χ1n) is 10.1. The van der Waals surface area contributed by atoms with E-state index < -0.39 is 10.0 Å². The molecule has 6 nitrogen and oxygen atoms in total. The molecule has 0 radical (unpaired) electrons. The lowest BCUT2D eigenvalue weighted by molar-refractivity contribution is 0.424. The number of aromatic nitrogens is 1. The van der Waals surface area contributed by atoms with Crippen molar-refractivity contribution in [1.82, 2.24) is 9.29 Å². The van der Waals surface area contributed by atoms with Gasteiger partial charge in [-0.15, -0.1) is 11.3 Å². The van der Waals surface area contributed by atoms with Gasteiger partial charge >= 0.3 is 0 Å². The topological polar surface area (TPSA) is 74.7 Å². The fraction of sp³-hybridized carbons (Fsp3) is 0.273. The van der Waals surface area contributed by atoms with Gasteiger partial charge in [0.2, 0.25) is 15.2 Å². The van der Waals surface area contributed by atoms with Crippen molar-refractivity contribution in [1.29, 1.82) is 0 Å². The van der Waals surface area contributed by atoms with Crippen LogP contribution < -0.4 is 5.43 Å². The molecule has 0 spiro atoms. The molecule has 1 saturated heterocycles. The van der Waals surface area contributed by atoms with E-state index in [4.69, 9.17) is 11.6 Å². The molecule has 2 heterocycles. The number of benzene rings is 2. The van der Waals surface area contributed by atoms with Gasteiger partial charge in [0.05, 0.1) is 16.8 Å². The lowest BCUT2D eigenvalue weighted by atomic mass is 10.2. The summed E-state index contributed by atoms with van der Waals surface area (Å²) in [5.41, 5.74) is 5.43. The molecular formula is C22H23ClN4O2S2. The molecule has 31 heavy (non-hydrogen) atoms. The number of hydrogen-bond acceptors (Lipinski definition) is 6. The Bertz CT molecular complexity index is 1150. The van der Waals surface area contributed by atoms with Crippen LogP contribution in [-0.4, -0.2) is 37.0 Å². The van der Waals surface area contributed by atoms with Gasteiger partial charge in [0, 0.05) is 29.1 Å². The van der Waals surface area contributed by atoms with Crippen molar-refractivity contribution in [3.63, 3.8) is 0 Å². The first kappa shape index (κ1) is 22.0. The average Bonchev–Trinajstić information content (AvgIpc) is 3.06. The van der Waals surface area contributed by atoms with E-state index in [1.54, 1.807) is 34.8 Å². The summed E-state index contributed by atoms with van der Waals surface area (Å²) in [4.78, 5) is 4.86. The third-order valence-corrected chi connectivity index (χ3v) is 7.97. The van der Waals surface area contributed by atoms with Crippen molar-refractivity contribution in [3.05, 3.63) is 64.5 Å². The van der Waals surface area contributed by atoms with Gasteiger partial charge in [0.15, 0.2) is 0 Å². The van der Waals surface area contributed by atoms with E-state index in [-0.39, 0.29) is 0 Å². The Morgan fingerprint density at radius 1 is 1.06 bits per heavy atom. The van der Waals surface area contributed by atoms with Crippen LogP contribution in [0.3, 0.4) is 0 Å². The van der Waals surface area contributed by atoms with Crippen molar-refractivity contribution in [2.45, 2.75) is 30.6 Å². The highest BCUT2D eigenvalue weighted by atomic mass is 35.5. The molecule has 0 bridgehead atoms. The number of thiazole rings is 1. The molecule has 9 heteroatoms. The summed E-state index contributed by atoms with van der Waals surface area (Å²) in [7, 11) is -3.45. The van der Waals surface area contributed by atoms with Gasteiger partial charge in [-0.2, -0.15) is 9.41 Å². The maximum atomic E-state index is 12.9. The SMILES string of the molecule is O=S(=O)(c1ccc(-c2csc(N/N=C/c3cccc(Cl)c3)n2)cc1)N1CCCCCC1. The molecule has 4 rings (SSSR count). The summed E-state index contributed by atoms with van der Waals surface area (Å²) < 4.78 is 27.5. The lowest BCUT2D eigenvalue weighted by Crippen LogP contribution is -2.31. The summed E-state index contributed by atoms with van der Waals surface area (Å²) in [6, 6.07) is 14.3. The largest absolute Gasteiger partial charge is 0.253 e. The van der Waals surface area contributed by atoms with Gasteiger partial charge in [0.25, 0.3) is 0 Å². The van der Waals surface area contributed by atoms with Crippen LogP contribution in [0.1, 0.15) is 31.2 Å². The van der Waals surface area contributed by atoms with Crippen LogP contribution in [0, 0.1) is 0 Å². The van der Waals surface area contributed by atoms with E-state index in [2.05, 4.69) is 15.5 Å². The molecule has 1 N–H and O–H groups in total. The zero-order valence-electron chi connectivity index (χ0n) is 16.9. The maximum absolute atomic E-state index is 12.9. The van der Waals surface area contributed by atoms with E-state index >= 15 is 0 Å². The fourth-order valence-corrected chi connectivity index (χ4v) is 5.82. The number of sulfonamides is 1. The van der Waals surface area contributed by atoms with E-state index in [1.165, 1.54) is 11.3 Å². The molecule has 1 aromatic heterocycles. The van der Waals surface area contributed by atoms with Crippen molar-refractivity contribution in [2.75, 3.05) is 18.5 Å². The summed E-state index contributed by atoms with van der Waals surface area (Å²) >= 11 is 7.40. The zero-order chi connectivity index (χ0) is 21.7. The highest BCUT2D eigenvalue weighted by Crippen LogP contribution is 2.27. The molecule has 0 saturated carbocycles. The Morgan fingerprint density at radius 2 is 1.81 bits per heavy atom. The summed E-state index contributed by atoms with van der Waals surface area (Å²) in [6.07, 6.45) is 5.70. The molecule has 1 aliphatic rings. The Balaban J connectivity index is 1.43. The van der Waals surface area contributed by atoms with Crippen LogP contribution in [0.5, 0.6) is 0 Å². The molecule has 3 aromatic rings. The maximum Gasteiger partial charge on any atom is 0.243 e. The number of nitrogens with zero attached hydrogens (tertiary/aromatic N) is 3. The molecule has 162 valence electrons. The predicted molar refractivity (Wildman–Crippen MR) is 127 cm³/mol. The minimum atomic E-state index is -3.45. The van der Waals surface area contributed by atoms with Crippen molar-refractivity contribution in [2.24, 2.45) is 5.10 Å². The van der Waals surface area contributed by atoms with Crippen molar-refractivity contribution < 1.29 is 8.42 Å². The first-order chi connectivity index (χ1) is 15.0. The second kappa shape index (κ2) is 9.91. The van der Waals surface area contributed by atoms with Crippen molar-refractivity contribution in [3.8, 4) is 11.3 Å². The summed E-state index contributed by atoms with van der Waals surface area (Å²) in [6.45, 7) is 1.20. The quantitative estimate of drug-likeness (QED) is 0.379. The van der Waals surface area contributed by atoms with E-state index in [0.29, 0.717) is 28.1 Å². The van der Waals surface area contributed by atoms with Crippen LogP contribution in [0.15, 0.2) is 63.9 Å². The normalized spacial score (nSPS) is 15.8. The molecule has 1 fully saturated rings. The Kier molecular flexibility index (Phi) is 7.02. The zero-order valence-corrected chi connectivity index (χ0v) is 19.3. The fourth-order valence-electron chi connectivity index (χ4n) is 3.44.